The first-order valence-electron chi connectivity index (χ1n) is 13.5. The normalized spacial score (nSPS) is 18.1. The lowest BCUT2D eigenvalue weighted by molar-refractivity contribution is -0.137. The van der Waals surface area contributed by atoms with Crippen molar-refractivity contribution in [1.29, 1.82) is 0 Å². The highest BCUT2D eigenvalue weighted by molar-refractivity contribution is 7.89. The SMILES string of the molecule is COc1ccc(C2=NN(C3CCN(S(=O)(=O)c4cccc(C)c4)CC3)C(=O)C2(C)C)cc1OCc1ccccc1. The average Bonchev–Trinajstić information content (AvgIpc) is 3.20. The first kappa shape index (κ1) is 27.9. The summed E-state index contributed by atoms with van der Waals surface area (Å²) in [6, 6.07) is 22.2. The number of carbonyl (C=O) groups is 1. The van der Waals surface area contributed by atoms with Crippen LogP contribution in [-0.4, -0.2) is 55.6 Å². The number of hydrogen-bond donors (Lipinski definition) is 0. The van der Waals surface area contributed by atoms with Crippen LogP contribution in [0.5, 0.6) is 11.5 Å². The molecular weight excluding hydrogens is 526 g/mol. The predicted molar refractivity (Wildman–Crippen MR) is 154 cm³/mol. The third-order valence-electron chi connectivity index (χ3n) is 7.61. The fourth-order valence-corrected chi connectivity index (χ4v) is 6.83. The summed E-state index contributed by atoms with van der Waals surface area (Å²) in [6.07, 6.45) is 1.02. The number of methoxy groups -OCH3 is 1. The quantitative estimate of drug-likeness (QED) is 0.386. The van der Waals surface area contributed by atoms with E-state index in [0.29, 0.717) is 54.6 Å². The molecule has 0 aromatic heterocycles. The highest BCUT2D eigenvalue weighted by atomic mass is 32.2. The third kappa shape index (κ3) is 5.36. The van der Waals surface area contributed by atoms with Gasteiger partial charge in [0.05, 0.1) is 29.2 Å². The van der Waals surface area contributed by atoms with Gasteiger partial charge in [-0.15, -0.1) is 0 Å². The van der Waals surface area contributed by atoms with Crippen LogP contribution in [0.25, 0.3) is 0 Å². The second-order valence-electron chi connectivity index (χ2n) is 10.8. The molecule has 3 aromatic rings. The topological polar surface area (TPSA) is 88.5 Å². The van der Waals surface area contributed by atoms with E-state index < -0.39 is 15.4 Å². The van der Waals surface area contributed by atoms with E-state index in [1.165, 1.54) is 4.31 Å². The molecule has 3 aromatic carbocycles. The fraction of sp³-hybridized carbons (Fsp3) is 0.355. The molecule has 2 aliphatic rings. The first-order chi connectivity index (χ1) is 19.1. The van der Waals surface area contributed by atoms with Crippen LogP contribution in [-0.2, 0) is 21.4 Å². The minimum atomic E-state index is -3.59. The summed E-state index contributed by atoms with van der Waals surface area (Å²) in [5.74, 6) is 1.08. The number of sulfonamides is 1. The Kier molecular flexibility index (Phi) is 7.70. The van der Waals surface area contributed by atoms with Crippen LogP contribution in [0.3, 0.4) is 0 Å². The molecule has 0 saturated carbocycles. The minimum Gasteiger partial charge on any atom is -0.493 e. The van der Waals surface area contributed by atoms with Gasteiger partial charge in [-0.3, -0.25) is 4.79 Å². The van der Waals surface area contributed by atoms with Gasteiger partial charge >= 0.3 is 0 Å². The number of nitrogens with zero attached hydrogens (tertiary/aromatic N) is 3. The number of hydrazone groups is 1. The lowest BCUT2D eigenvalue weighted by Gasteiger charge is -2.35. The molecule has 2 heterocycles. The van der Waals surface area contributed by atoms with E-state index in [1.807, 2.05) is 75.4 Å². The van der Waals surface area contributed by atoms with Gasteiger partial charge in [0.25, 0.3) is 5.91 Å². The van der Waals surface area contributed by atoms with Crippen LogP contribution in [0.4, 0.5) is 0 Å². The average molecular weight is 562 g/mol. The van der Waals surface area contributed by atoms with E-state index in [-0.39, 0.29) is 11.9 Å². The van der Waals surface area contributed by atoms with Crippen molar-refractivity contribution in [1.82, 2.24) is 9.31 Å². The Morgan fingerprint density at radius 2 is 1.68 bits per heavy atom. The molecule has 1 saturated heterocycles. The summed E-state index contributed by atoms with van der Waals surface area (Å²) in [5.41, 5.74) is 2.51. The van der Waals surface area contributed by atoms with Crippen LogP contribution in [0.15, 0.2) is 82.8 Å². The van der Waals surface area contributed by atoms with Crippen molar-refractivity contribution < 1.29 is 22.7 Å². The molecule has 2 aliphatic heterocycles. The van der Waals surface area contributed by atoms with E-state index in [1.54, 1.807) is 30.3 Å². The van der Waals surface area contributed by atoms with Gasteiger partial charge in [0, 0.05) is 18.7 Å². The highest BCUT2D eigenvalue weighted by Gasteiger charge is 2.47. The predicted octanol–water partition coefficient (Wildman–Crippen LogP) is 5.01. The number of rotatable bonds is 8. The molecule has 0 aliphatic carbocycles. The van der Waals surface area contributed by atoms with Gasteiger partial charge in [0.2, 0.25) is 10.0 Å². The summed E-state index contributed by atoms with van der Waals surface area (Å²) in [6.45, 7) is 6.67. The number of aryl methyl sites for hydroxylation is 1. The molecular formula is C31H35N3O5S. The standard InChI is InChI=1S/C31H35N3O5S/c1-22-9-8-12-26(19-22)40(36,37)33-17-15-25(16-18-33)34-30(35)31(2,3)29(32-34)24-13-14-27(38-4)28(20-24)39-21-23-10-6-5-7-11-23/h5-14,19-20,25H,15-18,21H2,1-4H3. The second-order valence-corrected chi connectivity index (χ2v) is 12.8. The van der Waals surface area contributed by atoms with Crippen molar-refractivity contribution in [3.05, 3.63) is 89.5 Å². The Morgan fingerprint density at radius 1 is 0.950 bits per heavy atom. The third-order valence-corrected chi connectivity index (χ3v) is 9.51. The van der Waals surface area contributed by atoms with Crippen LogP contribution >= 0.6 is 0 Å². The summed E-state index contributed by atoms with van der Waals surface area (Å²) in [5, 5.41) is 6.39. The second kappa shape index (κ2) is 11.1. The summed E-state index contributed by atoms with van der Waals surface area (Å²) >= 11 is 0. The van der Waals surface area contributed by atoms with Gasteiger partial charge in [-0.2, -0.15) is 9.41 Å². The first-order valence-corrected chi connectivity index (χ1v) is 14.9. The van der Waals surface area contributed by atoms with Gasteiger partial charge in [-0.25, -0.2) is 13.4 Å². The lowest BCUT2D eigenvalue weighted by atomic mass is 9.83. The summed E-state index contributed by atoms with van der Waals surface area (Å²) < 4.78 is 39.5. The molecule has 1 amide bonds. The molecule has 0 radical (unpaired) electrons. The van der Waals surface area contributed by atoms with Gasteiger partial charge in [-0.1, -0.05) is 42.5 Å². The molecule has 8 nitrogen and oxygen atoms in total. The maximum Gasteiger partial charge on any atom is 0.254 e. The molecule has 210 valence electrons. The van der Waals surface area contributed by atoms with Crippen molar-refractivity contribution >= 4 is 21.6 Å². The van der Waals surface area contributed by atoms with Crippen molar-refractivity contribution in [2.75, 3.05) is 20.2 Å². The number of ether oxygens (including phenoxy) is 2. The van der Waals surface area contributed by atoms with E-state index >= 15 is 0 Å². The van der Waals surface area contributed by atoms with Gasteiger partial charge < -0.3 is 9.47 Å². The monoisotopic (exact) mass is 561 g/mol. The van der Waals surface area contributed by atoms with Crippen molar-refractivity contribution in [2.45, 2.75) is 51.2 Å². The molecule has 0 unspecified atom stereocenters. The zero-order valence-corrected chi connectivity index (χ0v) is 24.1. The fourth-order valence-electron chi connectivity index (χ4n) is 5.26. The van der Waals surface area contributed by atoms with Crippen molar-refractivity contribution in [2.24, 2.45) is 10.5 Å². The van der Waals surface area contributed by atoms with Gasteiger partial charge in [-0.05, 0) is 75.1 Å². The largest absolute Gasteiger partial charge is 0.493 e. The van der Waals surface area contributed by atoms with Gasteiger partial charge in [0.1, 0.15) is 6.61 Å². The minimum absolute atomic E-state index is 0.0925. The van der Waals surface area contributed by atoms with Crippen molar-refractivity contribution in [3.8, 4) is 11.5 Å². The van der Waals surface area contributed by atoms with Crippen LogP contribution in [0.1, 0.15) is 43.4 Å². The summed E-state index contributed by atoms with van der Waals surface area (Å²) in [7, 11) is -1.99. The maximum absolute atomic E-state index is 13.6. The molecule has 0 bridgehead atoms. The molecule has 1 fully saturated rings. The van der Waals surface area contributed by atoms with Crippen LogP contribution in [0, 0.1) is 12.3 Å². The molecule has 0 N–H and O–H groups in total. The highest BCUT2D eigenvalue weighted by Crippen LogP contribution is 2.38. The smallest absolute Gasteiger partial charge is 0.254 e. The Hall–Kier alpha value is -3.69. The molecule has 0 spiro atoms. The van der Waals surface area contributed by atoms with Crippen LogP contribution in [0.2, 0.25) is 0 Å². The molecule has 40 heavy (non-hydrogen) atoms. The lowest BCUT2D eigenvalue weighted by Crippen LogP contribution is -2.47. The Morgan fingerprint density at radius 3 is 2.35 bits per heavy atom. The zero-order chi connectivity index (χ0) is 28.5. The van der Waals surface area contributed by atoms with E-state index in [9.17, 15) is 13.2 Å². The number of hydrogen-bond acceptors (Lipinski definition) is 6. The molecule has 5 rings (SSSR count). The van der Waals surface area contributed by atoms with Gasteiger partial charge in [0.15, 0.2) is 11.5 Å². The summed E-state index contributed by atoms with van der Waals surface area (Å²) in [4.78, 5) is 13.9. The zero-order valence-electron chi connectivity index (χ0n) is 23.3. The number of amides is 1. The molecule has 0 atom stereocenters. The molecule has 9 heteroatoms. The van der Waals surface area contributed by atoms with Crippen molar-refractivity contribution in [3.63, 3.8) is 0 Å². The Balaban J connectivity index is 1.34. The van der Waals surface area contributed by atoms with Crippen LogP contribution < -0.4 is 9.47 Å². The van der Waals surface area contributed by atoms with E-state index in [0.717, 1.165) is 16.7 Å². The van der Waals surface area contributed by atoms with E-state index in [4.69, 9.17) is 14.6 Å². The number of piperidine rings is 1. The Bertz CT molecular complexity index is 1530. The Labute approximate surface area is 236 Å². The number of benzene rings is 3. The van der Waals surface area contributed by atoms with E-state index in [2.05, 4.69) is 0 Å². The maximum atomic E-state index is 13.6. The number of carbonyl (C=O) groups excluding carboxylic acids is 1.